The number of amides is 1. The molecule has 0 aliphatic heterocycles. The highest BCUT2D eigenvalue weighted by atomic mass is 32.1. The second-order valence-electron chi connectivity index (χ2n) is 6.06. The lowest BCUT2D eigenvalue weighted by molar-refractivity contribution is 0.102. The molecule has 0 spiro atoms. The third-order valence-electron chi connectivity index (χ3n) is 4.09. The zero-order valence-corrected chi connectivity index (χ0v) is 15.3. The van der Waals surface area contributed by atoms with Crippen LogP contribution in [0.4, 0.5) is 5.69 Å². The number of aromatic nitrogens is 2. The van der Waals surface area contributed by atoms with Crippen molar-refractivity contribution in [1.82, 2.24) is 9.97 Å². The molecule has 2 aromatic heterocycles. The summed E-state index contributed by atoms with van der Waals surface area (Å²) in [6, 6.07) is 19.6. The van der Waals surface area contributed by atoms with E-state index < -0.39 is 0 Å². The number of rotatable bonds is 3. The normalized spacial score (nSPS) is 10.8. The Hall–Kier alpha value is -3.05. The summed E-state index contributed by atoms with van der Waals surface area (Å²) in [6.45, 7) is 3.85. The number of hydrogen-bond acceptors (Lipinski definition) is 4. The fourth-order valence-corrected chi connectivity index (χ4v) is 3.81. The van der Waals surface area contributed by atoms with Crippen LogP contribution in [0.15, 0.2) is 60.7 Å². The van der Waals surface area contributed by atoms with Crippen molar-refractivity contribution in [3.63, 3.8) is 0 Å². The first-order valence-corrected chi connectivity index (χ1v) is 9.14. The Morgan fingerprint density at radius 1 is 0.923 bits per heavy atom. The summed E-state index contributed by atoms with van der Waals surface area (Å²) in [5, 5.41) is 4.85. The average Bonchev–Trinajstić information content (AvgIpc) is 3.05. The van der Waals surface area contributed by atoms with Gasteiger partial charge in [0.05, 0.1) is 21.1 Å². The summed E-state index contributed by atoms with van der Waals surface area (Å²) < 4.78 is 0. The molecule has 4 nitrogen and oxygen atoms in total. The first kappa shape index (κ1) is 16.4. The number of anilines is 1. The highest BCUT2D eigenvalue weighted by molar-refractivity contribution is 7.15. The number of nitrogens with one attached hydrogen (secondary N) is 1. The molecule has 0 saturated carbocycles. The minimum absolute atomic E-state index is 0.219. The van der Waals surface area contributed by atoms with Crippen molar-refractivity contribution < 1.29 is 4.79 Å². The highest BCUT2D eigenvalue weighted by Crippen LogP contribution is 2.31. The molecule has 5 heteroatoms. The molecule has 1 N–H and O–H groups in total. The molecule has 26 heavy (non-hydrogen) atoms. The number of benzene rings is 2. The van der Waals surface area contributed by atoms with Crippen LogP contribution in [-0.4, -0.2) is 15.9 Å². The van der Waals surface area contributed by atoms with Gasteiger partial charge in [-0.2, -0.15) is 0 Å². The monoisotopic (exact) mass is 359 g/mol. The topological polar surface area (TPSA) is 54.9 Å². The van der Waals surface area contributed by atoms with Crippen molar-refractivity contribution in [2.45, 2.75) is 13.8 Å². The fraction of sp³-hybridized carbons (Fsp3) is 0.0952. The van der Waals surface area contributed by atoms with Gasteiger partial charge < -0.3 is 5.32 Å². The molecule has 4 aromatic rings. The first-order valence-electron chi connectivity index (χ1n) is 8.32. The molecule has 0 aliphatic carbocycles. The van der Waals surface area contributed by atoms with Gasteiger partial charge in [-0.1, -0.05) is 48.5 Å². The van der Waals surface area contributed by atoms with Gasteiger partial charge in [0.1, 0.15) is 5.69 Å². The minimum Gasteiger partial charge on any atom is -0.319 e. The number of para-hydroxylation sites is 1. The third-order valence-corrected chi connectivity index (χ3v) is 5.11. The zero-order valence-electron chi connectivity index (χ0n) is 14.5. The smallest absolute Gasteiger partial charge is 0.275 e. The van der Waals surface area contributed by atoms with Crippen LogP contribution in [0, 0.1) is 13.8 Å². The number of nitrogens with zero attached hydrogens (tertiary/aromatic N) is 2. The van der Waals surface area contributed by atoms with E-state index in [1.807, 2.05) is 74.5 Å². The van der Waals surface area contributed by atoms with E-state index in [9.17, 15) is 4.79 Å². The van der Waals surface area contributed by atoms with E-state index in [1.165, 1.54) is 11.3 Å². The Labute approximate surface area is 155 Å². The average molecular weight is 359 g/mol. The Morgan fingerprint density at radius 3 is 2.54 bits per heavy atom. The van der Waals surface area contributed by atoms with Crippen molar-refractivity contribution in [1.29, 1.82) is 0 Å². The molecule has 0 saturated heterocycles. The minimum atomic E-state index is -0.219. The van der Waals surface area contributed by atoms with Crippen molar-refractivity contribution in [2.24, 2.45) is 0 Å². The maximum atomic E-state index is 13.0. The number of aryl methyl sites for hydroxylation is 2. The van der Waals surface area contributed by atoms with Gasteiger partial charge in [-0.05, 0) is 31.5 Å². The summed E-state index contributed by atoms with van der Waals surface area (Å²) in [5.41, 5.74) is 3.84. The van der Waals surface area contributed by atoms with Crippen molar-refractivity contribution in [3.8, 4) is 10.4 Å². The molecule has 2 heterocycles. The molecule has 0 fully saturated rings. The summed E-state index contributed by atoms with van der Waals surface area (Å²) >= 11 is 1.52. The van der Waals surface area contributed by atoms with Crippen LogP contribution < -0.4 is 5.32 Å². The van der Waals surface area contributed by atoms with Gasteiger partial charge in [-0.15, -0.1) is 11.3 Å². The van der Waals surface area contributed by atoms with Crippen LogP contribution in [0.25, 0.3) is 21.3 Å². The molecule has 0 atom stereocenters. The lowest BCUT2D eigenvalue weighted by atomic mass is 10.1. The molecule has 1 amide bonds. The van der Waals surface area contributed by atoms with E-state index in [2.05, 4.69) is 15.3 Å². The Balaban J connectivity index is 1.74. The Morgan fingerprint density at radius 2 is 1.73 bits per heavy atom. The zero-order chi connectivity index (χ0) is 18.1. The maximum Gasteiger partial charge on any atom is 0.275 e. The van der Waals surface area contributed by atoms with Crippen LogP contribution in [0.2, 0.25) is 0 Å². The van der Waals surface area contributed by atoms with Crippen molar-refractivity contribution in [3.05, 3.63) is 77.1 Å². The van der Waals surface area contributed by atoms with Gasteiger partial charge in [0.2, 0.25) is 0 Å². The van der Waals surface area contributed by atoms with E-state index in [-0.39, 0.29) is 5.91 Å². The predicted octanol–water partition coefficient (Wildman–Crippen LogP) is 5.23. The summed E-state index contributed by atoms with van der Waals surface area (Å²) in [6.07, 6.45) is 0. The van der Waals surface area contributed by atoms with Crippen LogP contribution in [0.5, 0.6) is 0 Å². The van der Waals surface area contributed by atoms with Crippen LogP contribution in [0.3, 0.4) is 0 Å². The maximum absolute atomic E-state index is 13.0. The first-order chi connectivity index (χ1) is 12.6. The standard InChI is InChI=1S/C21H17N3OS/c1-13-11-12-15-9-6-10-17(18(15)22-13)24-21(25)19-20(26-14(2)23-19)16-7-4-3-5-8-16/h3-12H,1-2H3,(H,24,25). The molecule has 0 aliphatic rings. The van der Waals surface area contributed by atoms with Gasteiger partial charge >= 0.3 is 0 Å². The molecular formula is C21H17N3OS. The van der Waals surface area contributed by atoms with Crippen molar-refractivity contribution >= 4 is 33.8 Å². The van der Waals surface area contributed by atoms with Gasteiger partial charge in [-0.25, -0.2) is 4.98 Å². The Bertz CT molecular complexity index is 1100. The summed E-state index contributed by atoms with van der Waals surface area (Å²) in [5.74, 6) is -0.219. The van der Waals surface area contributed by atoms with Crippen molar-refractivity contribution in [2.75, 3.05) is 5.32 Å². The van der Waals surface area contributed by atoms with E-state index in [0.717, 1.165) is 32.0 Å². The van der Waals surface area contributed by atoms with Crippen LogP contribution in [-0.2, 0) is 0 Å². The van der Waals surface area contributed by atoms with E-state index >= 15 is 0 Å². The number of hydrogen-bond donors (Lipinski definition) is 1. The largest absolute Gasteiger partial charge is 0.319 e. The quantitative estimate of drug-likeness (QED) is 0.545. The second kappa shape index (κ2) is 6.69. The molecule has 128 valence electrons. The highest BCUT2D eigenvalue weighted by Gasteiger charge is 2.19. The van der Waals surface area contributed by atoms with Gasteiger partial charge in [-0.3, -0.25) is 9.78 Å². The number of thiazole rings is 1. The predicted molar refractivity (Wildman–Crippen MR) is 107 cm³/mol. The van der Waals surface area contributed by atoms with Gasteiger partial charge in [0.15, 0.2) is 0 Å². The summed E-state index contributed by atoms with van der Waals surface area (Å²) in [7, 11) is 0. The van der Waals surface area contributed by atoms with Crippen LogP contribution in [0.1, 0.15) is 21.2 Å². The third kappa shape index (κ3) is 3.09. The van der Waals surface area contributed by atoms with Gasteiger partial charge in [0.25, 0.3) is 5.91 Å². The Kier molecular flexibility index (Phi) is 4.22. The fourth-order valence-electron chi connectivity index (χ4n) is 2.89. The second-order valence-corrected chi connectivity index (χ2v) is 7.26. The number of carbonyl (C=O) groups excluding carboxylic acids is 1. The van der Waals surface area contributed by atoms with Gasteiger partial charge in [0, 0.05) is 11.1 Å². The lowest BCUT2D eigenvalue weighted by Gasteiger charge is -2.09. The molecular weight excluding hydrogens is 342 g/mol. The lowest BCUT2D eigenvalue weighted by Crippen LogP contribution is -2.14. The van der Waals surface area contributed by atoms with E-state index in [4.69, 9.17) is 0 Å². The number of pyridine rings is 1. The molecule has 2 aromatic carbocycles. The molecule has 0 bridgehead atoms. The SMILES string of the molecule is Cc1ccc2cccc(NC(=O)c3nc(C)sc3-c3ccccc3)c2n1. The molecule has 4 rings (SSSR count). The van der Waals surface area contributed by atoms with E-state index in [1.54, 1.807) is 0 Å². The molecule has 0 unspecified atom stereocenters. The summed E-state index contributed by atoms with van der Waals surface area (Å²) in [4.78, 5) is 22.9. The van der Waals surface area contributed by atoms with Crippen LogP contribution >= 0.6 is 11.3 Å². The molecule has 0 radical (unpaired) electrons. The number of fused-ring (bicyclic) bond motifs is 1. The number of carbonyl (C=O) groups is 1. The van der Waals surface area contributed by atoms with E-state index in [0.29, 0.717) is 11.4 Å².